The molecule has 72 valence electrons. The summed E-state index contributed by atoms with van der Waals surface area (Å²) in [6, 6.07) is 5.36. The van der Waals surface area contributed by atoms with Gasteiger partial charge in [0.05, 0.1) is 0 Å². The normalized spacial score (nSPS) is 12.8. The minimum atomic E-state index is -0.0860. The summed E-state index contributed by atoms with van der Waals surface area (Å²) in [6.07, 6.45) is 1.89. The first-order valence-corrected chi connectivity index (χ1v) is 4.88. The number of phenols is 1. The zero-order chi connectivity index (χ0) is 9.84. The molecule has 0 aliphatic heterocycles. The third-order valence-corrected chi connectivity index (χ3v) is 2.41. The number of aromatic hydroxyl groups is 1. The van der Waals surface area contributed by atoms with Gasteiger partial charge in [0.2, 0.25) is 0 Å². The van der Waals surface area contributed by atoms with Crippen molar-refractivity contribution in [3.05, 3.63) is 23.8 Å². The Kier molecular flexibility index (Phi) is 3.63. The Morgan fingerprint density at radius 2 is 2.23 bits per heavy atom. The van der Waals surface area contributed by atoms with Crippen molar-refractivity contribution in [2.45, 2.75) is 30.7 Å². The molecule has 3 heteroatoms. The molecule has 0 saturated heterocycles. The van der Waals surface area contributed by atoms with Crippen LogP contribution in [0.5, 0.6) is 5.75 Å². The van der Waals surface area contributed by atoms with Crippen molar-refractivity contribution >= 4 is 12.6 Å². The van der Waals surface area contributed by atoms with Gasteiger partial charge in [-0.15, -0.1) is 12.6 Å². The van der Waals surface area contributed by atoms with Crippen molar-refractivity contribution in [2.75, 3.05) is 0 Å². The third kappa shape index (κ3) is 2.39. The quantitative estimate of drug-likeness (QED) is 0.652. The van der Waals surface area contributed by atoms with Gasteiger partial charge in [0.15, 0.2) is 0 Å². The largest absolute Gasteiger partial charge is 0.506 e. The minimum absolute atomic E-state index is 0.0860. The Hall–Kier alpha value is -0.670. The van der Waals surface area contributed by atoms with Crippen LogP contribution in [0.15, 0.2) is 23.1 Å². The second-order valence-corrected chi connectivity index (χ2v) is 3.59. The highest BCUT2D eigenvalue weighted by Crippen LogP contribution is 2.30. The molecular weight excluding hydrogens is 182 g/mol. The van der Waals surface area contributed by atoms with Crippen molar-refractivity contribution in [2.24, 2.45) is 5.73 Å². The molecule has 0 spiro atoms. The molecule has 0 heterocycles. The number of hydrogen-bond acceptors (Lipinski definition) is 3. The van der Waals surface area contributed by atoms with Crippen molar-refractivity contribution in [1.82, 2.24) is 0 Å². The van der Waals surface area contributed by atoms with E-state index in [2.05, 4.69) is 19.6 Å². The number of hydrogen-bond donors (Lipinski definition) is 3. The zero-order valence-electron chi connectivity index (χ0n) is 7.70. The first-order chi connectivity index (χ1) is 6.16. The average molecular weight is 197 g/mol. The molecule has 1 aromatic carbocycles. The Morgan fingerprint density at radius 3 is 2.85 bits per heavy atom. The van der Waals surface area contributed by atoms with Gasteiger partial charge in [0.25, 0.3) is 0 Å². The molecule has 0 fully saturated rings. The first kappa shape index (κ1) is 10.4. The molecule has 0 saturated carbocycles. The summed E-state index contributed by atoms with van der Waals surface area (Å²) in [5.41, 5.74) is 6.67. The van der Waals surface area contributed by atoms with Gasteiger partial charge in [-0.3, -0.25) is 0 Å². The number of thiol groups is 1. The lowest BCUT2D eigenvalue weighted by atomic mass is 10.0. The number of benzene rings is 1. The predicted octanol–water partition coefficient (Wildman–Crippen LogP) is 2.48. The summed E-state index contributed by atoms with van der Waals surface area (Å²) in [5, 5.41) is 9.64. The summed E-state index contributed by atoms with van der Waals surface area (Å²) in [5.74, 6) is 0.215. The number of phenolic OH excluding ortho intramolecular Hbond substituents is 1. The second kappa shape index (κ2) is 4.53. The van der Waals surface area contributed by atoms with E-state index in [0.29, 0.717) is 4.90 Å². The molecular formula is C10H15NOS. The summed E-state index contributed by atoms with van der Waals surface area (Å²) in [6.45, 7) is 2.07. The van der Waals surface area contributed by atoms with Crippen LogP contribution in [0.2, 0.25) is 0 Å². The van der Waals surface area contributed by atoms with Crippen molar-refractivity contribution < 1.29 is 5.11 Å². The summed E-state index contributed by atoms with van der Waals surface area (Å²) in [4.78, 5) is 0.587. The molecule has 0 aromatic heterocycles. The lowest BCUT2D eigenvalue weighted by molar-refractivity contribution is 0.445. The smallest absolute Gasteiger partial charge is 0.133 e. The average Bonchev–Trinajstić information content (AvgIpc) is 2.10. The van der Waals surface area contributed by atoms with Crippen LogP contribution >= 0.6 is 12.6 Å². The van der Waals surface area contributed by atoms with Crippen LogP contribution < -0.4 is 5.73 Å². The Labute approximate surface area is 84.2 Å². The van der Waals surface area contributed by atoms with Crippen LogP contribution in [0.25, 0.3) is 0 Å². The predicted molar refractivity (Wildman–Crippen MR) is 57.2 cm³/mol. The fourth-order valence-electron chi connectivity index (χ4n) is 1.31. The Bertz CT molecular complexity index is 288. The fourth-order valence-corrected chi connectivity index (χ4v) is 1.53. The Morgan fingerprint density at radius 1 is 1.54 bits per heavy atom. The summed E-state index contributed by atoms with van der Waals surface area (Å²) >= 11 is 4.12. The molecule has 0 bridgehead atoms. The van der Waals surface area contributed by atoms with E-state index >= 15 is 0 Å². The van der Waals surface area contributed by atoms with Crippen molar-refractivity contribution in [3.63, 3.8) is 0 Å². The lowest BCUT2D eigenvalue weighted by Gasteiger charge is -2.13. The van der Waals surface area contributed by atoms with E-state index < -0.39 is 0 Å². The van der Waals surface area contributed by atoms with Gasteiger partial charge in [-0.05, 0) is 12.5 Å². The summed E-state index contributed by atoms with van der Waals surface area (Å²) in [7, 11) is 0. The van der Waals surface area contributed by atoms with E-state index in [1.807, 2.05) is 12.1 Å². The maximum absolute atomic E-state index is 9.64. The topological polar surface area (TPSA) is 46.2 Å². The van der Waals surface area contributed by atoms with Crippen LogP contribution in [0.3, 0.4) is 0 Å². The first-order valence-electron chi connectivity index (χ1n) is 4.43. The number of nitrogens with two attached hydrogens (primary N) is 1. The Balaban J connectivity index is 2.93. The lowest BCUT2D eigenvalue weighted by Crippen LogP contribution is -2.09. The molecule has 13 heavy (non-hydrogen) atoms. The highest BCUT2D eigenvalue weighted by molar-refractivity contribution is 7.80. The molecule has 0 aliphatic rings. The molecule has 0 aliphatic carbocycles. The van der Waals surface area contributed by atoms with Crippen LogP contribution in [0.1, 0.15) is 31.4 Å². The van der Waals surface area contributed by atoms with E-state index in [-0.39, 0.29) is 11.8 Å². The number of rotatable bonds is 3. The molecule has 1 rings (SSSR count). The highest BCUT2D eigenvalue weighted by atomic mass is 32.1. The molecule has 0 radical (unpaired) electrons. The van der Waals surface area contributed by atoms with Gasteiger partial charge >= 0.3 is 0 Å². The van der Waals surface area contributed by atoms with E-state index in [9.17, 15) is 5.11 Å². The van der Waals surface area contributed by atoms with Crippen LogP contribution in [0, 0.1) is 0 Å². The van der Waals surface area contributed by atoms with Crippen molar-refractivity contribution in [3.8, 4) is 5.75 Å². The SMILES string of the molecule is CCCC(N)c1cccc(S)c1O. The highest BCUT2D eigenvalue weighted by Gasteiger charge is 2.10. The van der Waals surface area contributed by atoms with E-state index in [4.69, 9.17) is 5.73 Å². The maximum Gasteiger partial charge on any atom is 0.133 e. The van der Waals surface area contributed by atoms with Crippen molar-refractivity contribution in [1.29, 1.82) is 0 Å². The maximum atomic E-state index is 9.64. The van der Waals surface area contributed by atoms with Gasteiger partial charge in [-0.2, -0.15) is 0 Å². The molecule has 1 unspecified atom stereocenters. The molecule has 1 atom stereocenters. The number of para-hydroxylation sites is 1. The monoisotopic (exact) mass is 197 g/mol. The van der Waals surface area contributed by atoms with Gasteiger partial charge in [0.1, 0.15) is 5.75 Å². The minimum Gasteiger partial charge on any atom is -0.506 e. The molecule has 3 N–H and O–H groups in total. The van der Waals surface area contributed by atoms with Gasteiger partial charge in [0, 0.05) is 16.5 Å². The summed E-state index contributed by atoms with van der Waals surface area (Å²) < 4.78 is 0. The van der Waals surface area contributed by atoms with Gasteiger partial charge in [-0.25, -0.2) is 0 Å². The van der Waals surface area contributed by atoms with Crippen LogP contribution in [0.4, 0.5) is 0 Å². The van der Waals surface area contributed by atoms with E-state index in [1.54, 1.807) is 6.07 Å². The third-order valence-electron chi connectivity index (χ3n) is 2.05. The van der Waals surface area contributed by atoms with Gasteiger partial charge in [-0.1, -0.05) is 25.5 Å². The van der Waals surface area contributed by atoms with E-state index in [1.165, 1.54) is 0 Å². The second-order valence-electron chi connectivity index (χ2n) is 3.11. The van der Waals surface area contributed by atoms with Gasteiger partial charge < -0.3 is 10.8 Å². The van der Waals surface area contributed by atoms with Crippen LogP contribution in [-0.4, -0.2) is 5.11 Å². The van der Waals surface area contributed by atoms with Crippen LogP contribution in [-0.2, 0) is 0 Å². The standard InChI is InChI=1S/C10H15NOS/c1-2-4-8(11)7-5-3-6-9(13)10(7)12/h3,5-6,8,12-13H,2,4,11H2,1H3. The zero-order valence-corrected chi connectivity index (χ0v) is 8.59. The molecule has 1 aromatic rings. The molecule has 0 amide bonds. The fraction of sp³-hybridized carbons (Fsp3) is 0.400. The van der Waals surface area contributed by atoms with E-state index in [0.717, 1.165) is 18.4 Å². The molecule has 2 nitrogen and oxygen atoms in total.